The normalized spacial score (nSPS) is 17.2. The minimum atomic E-state index is 0.0300. The summed E-state index contributed by atoms with van der Waals surface area (Å²) < 4.78 is 4.92. The fourth-order valence-electron chi connectivity index (χ4n) is 2.93. The Morgan fingerprint density at radius 1 is 1.29 bits per heavy atom. The highest BCUT2D eigenvalue weighted by atomic mass is 32.1. The summed E-state index contributed by atoms with van der Waals surface area (Å²) in [4.78, 5) is 14.8. The van der Waals surface area contributed by atoms with E-state index in [-0.39, 0.29) is 11.9 Å². The number of fused-ring (bicyclic) bond motifs is 2. The van der Waals surface area contributed by atoms with Gasteiger partial charge in [0.25, 0.3) is 5.91 Å². The molecule has 3 aromatic rings. The van der Waals surface area contributed by atoms with E-state index in [2.05, 4.69) is 22.6 Å². The minimum Gasteiger partial charge on any atom is -0.305 e. The molecule has 2 aromatic carbocycles. The highest BCUT2D eigenvalue weighted by Gasteiger charge is 2.31. The Morgan fingerprint density at radius 3 is 3.05 bits per heavy atom. The van der Waals surface area contributed by atoms with Crippen LogP contribution >= 0.6 is 11.5 Å². The molecule has 4 nitrogen and oxygen atoms in total. The average Bonchev–Trinajstić information content (AvgIpc) is 3.08. The quantitative estimate of drug-likeness (QED) is 0.692. The van der Waals surface area contributed by atoms with Crippen LogP contribution in [0.5, 0.6) is 0 Å². The van der Waals surface area contributed by atoms with Gasteiger partial charge in [0.15, 0.2) is 0 Å². The maximum atomic E-state index is 12.9. The number of amides is 1. The van der Waals surface area contributed by atoms with E-state index in [1.165, 1.54) is 17.1 Å². The van der Waals surface area contributed by atoms with Gasteiger partial charge in [-0.1, -0.05) is 22.7 Å². The van der Waals surface area contributed by atoms with Crippen LogP contribution in [0, 0.1) is 0 Å². The van der Waals surface area contributed by atoms with Gasteiger partial charge in [-0.15, -0.1) is 5.10 Å². The Hall–Kier alpha value is -2.27. The second-order valence-electron chi connectivity index (χ2n) is 5.31. The van der Waals surface area contributed by atoms with E-state index in [9.17, 15) is 4.79 Å². The monoisotopic (exact) mass is 295 g/mol. The van der Waals surface area contributed by atoms with Crippen LogP contribution in [-0.2, 0) is 6.42 Å². The van der Waals surface area contributed by atoms with Crippen LogP contribution in [0.3, 0.4) is 0 Å². The number of aromatic nitrogens is 2. The van der Waals surface area contributed by atoms with E-state index in [1.54, 1.807) is 0 Å². The van der Waals surface area contributed by atoms with Crippen molar-refractivity contribution in [3.05, 3.63) is 53.6 Å². The van der Waals surface area contributed by atoms with Crippen molar-refractivity contribution in [3.63, 3.8) is 0 Å². The molecule has 0 radical (unpaired) electrons. The lowest BCUT2D eigenvalue weighted by molar-refractivity contribution is 0.0981. The number of carbonyl (C=O) groups is 1. The van der Waals surface area contributed by atoms with Crippen molar-refractivity contribution in [1.82, 2.24) is 9.59 Å². The zero-order valence-electron chi connectivity index (χ0n) is 11.5. The Balaban J connectivity index is 1.77. The first-order chi connectivity index (χ1) is 10.2. The fourth-order valence-corrected chi connectivity index (χ4v) is 3.47. The van der Waals surface area contributed by atoms with Crippen molar-refractivity contribution in [3.8, 4) is 0 Å². The molecule has 1 aromatic heterocycles. The van der Waals surface area contributed by atoms with Gasteiger partial charge in [-0.05, 0) is 54.7 Å². The summed E-state index contributed by atoms with van der Waals surface area (Å²) >= 11 is 1.34. The second-order valence-corrected chi connectivity index (χ2v) is 6.10. The van der Waals surface area contributed by atoms with E-state index in [4.69, 9.17) is 0 Å². The molecular weight excluding hydrogens is 282 g/mol. The first-order valence-electron chi connectivity index (χ1n) is 6.87. The van der Waals surface area contributed by atoms with Crippen molar-refractivity contribution in [2.45, 2.75) is 19.4 Å². The van der Waals surface area contributed by atoms with Gasteiger partial charge in [-0.25, -0.2) is 0 Å². The maximum absolute atomic E-state index is 12.9. The summed E-state index contributed by atoms with van der Waals surface area (Å²) in [7, 11) is 0. The van der Waals surface area contributed by atoms with Crippen LogP contribution in [0.1, 0.15) is 22.8 Å². The van der Waals surface area contributed by atoms with Crippen molar-refractivity contribution < 1.29 is 4.79 Å². The number of hydrogen-bond acceptors (Lipinski definition) is 4. The molecule has 0 saturated heterocycles. The molecule has 1 aliphatic rings. The Bertz CT molecular complexity index is 842. The zero-order chi connectivity index (χ0) is 14.4. The third kappa shape index (κ3) is 1.93. The molecule has 1 amide bonds. The molecule has 4 rings (SSSR count). The predicted octanol–water partition coefficient (Wildman–Crippen LogP) is 3.28. The Kier molecular flexibility index (Phi) is 2.75. The van der Waals surface area contributed by atoms with Gasteiger partial charge >= 0.3 is 0 Å². The fraction of sp³-hybridized carbons (Fsp3) is 0.188. The number of anilines is 1. The summed E-state index contributed by atoms with van der Waals surface area (Å²) in [6.45, 7) is 2.08. The van der Waals surface area contributed by atoms with Gasteiger partial charge in [0.1, 0.15) is 5.52 Å². The molecule has 1 aliphatic heterocycles. The van der Waals surface area contributed by atoms with Gasteiger partial charge in [0.05, 0.1) is 4.70 Å². The largest absolute Gasteiger partial charge is 0.305 e. The highest BCUT2D eigenvalue weighted by molar-refractivity contribution is 7.12. The lowest BCUT2D eigenvalue weighted by Gasteiger charge is -2.22. The molecule has 21 heavy (non-hydrogen) atoms. The molecule has 0 N–H and O–H groups in total. The van der Waals surface area contributed by atoms with Gasteiger partial charge in [0, 0.05) is 17.3 Å². The standard InChI is InChI=1S/C16H13N3OS/c1-10-8-11-4-2-3-5-14(11)19(10)16(20)12-6-7-15-13(9-12)17-18-21-15/h2-7,9-10H,8H2,1H3/t10-/m1/s1. The van der Waals surface area contributed by atoms with E-state index in [0.29, 0.717) is 5.56 Å². The highest BCUT2D eigenvalue weighted by Crippen LogP contribution is 2.33. The summed E-state index contributed by atoms with van der Waals surface area (Å²) in [5.74, 6) is 0.0300. The van der Waals surface area contributed by atoms with Crippen LogP contribution in [0.15, 0.2) is 42.5 Å². The smallest absolute Gasteiger partial charge is 0.258 e. The molecule has 0 fully saturated rings. The van der Waals surface area contributed by atoms with E-state index >= 15 is 0 Å². The van der Waals surface area contributed by atoms with Crippen LogP contribution in [0.25, 0.3) is 10.2 Å². The molecule has 0 unspecified atom stereocenters. The molecule has 2 heterocycles. The Morgan fingerprint density at radius 2 is 2.14 bits per heavy atom. The van der Waals surface area contributed by atoms with E-state index in [0.717, 1.165) is 22.3 Å². The van der Waals surface area contributed by atoms with Crippen LogP contribution in [-0.4, -0.2) is 21.5 Å². The molecule has 5 heteroatoms. The maximum Gasteiger partial charge on any atom is 0.258 e. The number of hydrogen-bond donors (Lipinski definition) is 0. The van der Waals surface area contributed by atoms with E-state index < -0.39 is 0 Å². The predicted molar refractivity (Wildman–Crippen MR) is 83.8 cm³/mol. The SMILES string of the molecule is C[C@@H]1Cc2ccccc2N1C(=O)c1ccc2snnc2c1. The number of para-hydroxylation sites is 1. The lowest BCUT2D eigenvalue weighted by Crippen LogP contribution is -2.35. The molecular formula is C16H13N3OS. The van der Waals surface area contributed by atoms with Gasteiger partial charge in [-0.2, -0.15) is 0 Å². The molecule has 0 bridgehead atoms. The van der Waals surface area contributed by atoms with Gasteiger partial charge in [-0.3, -0.25) is 4.79 Å². The summed E-state index contributed by atoms with van der Waals surface area (Å²) in [6, 6.07) is 13.9. The summed E-state index contributed by atoms with van der Waals surface area (Å²) in [5.41, 5.74) is 3.70. The molecule has 0 spiro atoms. The number of rotatable bonds is 1. The number of nitrogens with zero attached hydrogens (tertiary/aromatic N) is 3. The molecule has 104 valence electrons. The second kappa shape index (κ2) is 4.63. The topological polar surface area (TPSA) is 46.1 Å². The van der Waals surface area contributed by atoms with Crippen LogP contribution in [0.4, 0.5) is 5.69 Å². The average molecular weight is 295 g/mol. The van der Waals surface area contributed by atoms with Crippen molar-refractivity contribution in [1.29, 1.82) is 0 Å². The minimum absolute atomic E-state index is 0.0300. The Labute approximate surface area is 126 Å². The molecule has 0 saturated carbocycles. The van der Waals surface area contributed by atoms with Crippen LogP contribution in [0.2, 0.25) is 0 Å². The lowest BCUT2D eigenvalue weighted by atomic mass is 10.1. The van der Waals surface area contributed by atoms with Crippen LogP contribution < -0.4 is 4.90 Å². The van der Waals surface area contributed by atoms with Gasteiger partial charge in [0.2, 0.25) is 0 Å². The summed E-state index contributed by atoms with van der Waals surface area (Å²) in [5, 5.41) is 4.05. The van der Waals surface area contributed by atoms with Crippen molar-refractivity contribution in [2.24, 2.45) is 0 Å². The number of benzene rings is 2. The first kappa shape index (κ1) is 12.5. The van der Waals surface area contributed by atoms with Crippen molar-refractivity contribution in [2.75, 3.05) is 4.90 Å². The first-order valence-corrected chi connectivity index (χ1v) is 7.65. The van der Waals surface area contributed by atoms with Crippen molar-refractivity contribution >= 4 is 33.3 Å². The zero-order valence-corrected chi connectivity index (χ0v) is 12.3. The molecule has 0 aliphatic carbocycles. The summed E-state index contributed by atoms with van der Waals surface area (Å²) in [6.07, 6.45) is 0.905. The third-order valence-corrected chi connectivity index (χ3v) is 4.62. The van der Waals surface area contributed by atoms with Gasteiger partial charge < -0.3 is 4.90 Å². The number of carbonyl (C=O) groups excluding carboxylic acids is 1. The van der Waals surface area contributed by atoms with E-state index in [1.807, 2.05) is 41.3 Å². The molecule has 1 atom stereocenters. The third-order valence-electron chi connectivity index (χ3n) is 3.92.